The highest BCUT2D eigenvalue weighted by molar-refractivity contribution is 7.01. The predicted molar refractivity (Wildman–Crippen MR) is 262 cm³/mol. The van der Waals surface area contributed by atoms with Gasteiger partial charge < -0.3 is 9.47 Å². The Kier molecular flexibility index (Phi) is 5.84. The van der Waals surface area contributed by atoms with Gasteiger partial charge in [-0.2, -0.15) is 0 Å². The molecule has 61 heavy (non-hydrogen) atoms. The van der Waals surface area contributed by atoms with E-state index >= 15 is 0 Å². The van der Waals surface area contributed by atoms with E-state index in [9.17, 15) is 5.48 Å². The maximum atomic E-state index is 9.94. The molecule has 3 nitrogen and oxygen atoms in total. The number of rotatable bonds is 2. The molecule has 2 aliphatic rings. The number of nitrogens with zero attached hydrogens (tertiary/aromatic N) is 3. The van der Waals surface area contributed by atoms with E-state index in [0.717, 1.165) is 82.7 Å². The lowest BCUT2D eigenvalue weighted by Crippen LogP contribution is -2.61. The van der Waals surface area contributed by atoms with E-state index in [-0.39, 0.29) is 24.2 Å². The van der Waals surface area contributed by atoms with Gasteiger partial charge in [0.1, 0.15) is 5.82 Å². The minimum absolute atomic E-state index is 0.0260. The van der Waals surface area contributed by atoms with Crippen LogP contribution in [0.4, 0.5) is 34.3 Å². The zero-order valence-electron chi connectivity index (χ0n) is 37.2. The van der Waals surface area contributed by atoms with Gasteiger partial charge in [-0.05, 0) is 112 Å². The van der Waals surface area contributed by atoms with E-state index in [1.807, 2.05) is 0 Å². The molecule has 1 aromatic heterocycles. The minimum atomic E-state index is -0.522. The van der Waals surface area contributed by atoms with Crippen LogP contribution in [-0.2, 0) is 7.05 Å². The number of benzene rings is 11. The zero-order valence-corrected chi connectivity index (χ0v) is 33.2. The summed E-state index contributed by atoms with van der Waals surface area (Å²) in [5, 5.41) is 14.7. The number of aromatic nitrogens is 1. The monoisotopic (exact) mass is 777 g/mol. The van der Waals surface area contributed by atoms with Gasteiger partial charge >= 0.3 is 0 Å². The second kappa shape index (κ2) is 12.1. The quantitative estimate of drug-likeness (QED) is 0.128. The molecule has 0 radical (unpaired) electrons. The Morgan fingerprint density at radius 2 is 0.754 bits per heavy atom. The van der Waals surface area contributed by atoms with Gasteiger partial charge in [-0.15, -0.1) is 0 Å². The number of hydrogen-bond donors (Lipinski definition) is 0. The number of aryl methyl sites for hydroxylation is 1. The molecule has 0 saturated heterocycles. The van der Waals surface area contributed by atoms with E-state index < -0.39 is 6.71 Å². The lowest BCUT2D eigenvalue weighted by molar-refractivity contribution is 0.952. The van der Waals surface area contributed by atoms with E-state index in [0.29, 0.717) is 11.2 Å². The summed E-state index contributed by atoms with van der Waals surface area (Å²) in [6, 6.07) is 61.9. The predicted octanol–water partition coefficient (Wildman–Crippen LogP) is 13.2. The first-order chi connectivity index (χ1) is 31.9. The van der Waals surface area contributed by atoms with Gasteiger partial charge in [0.05, 0.1) is 16.9 Å². The maximum Gasteiger partial charge on any atom is 0.255 e. The molecule has 0 bridgehead atoms. The van der Waals surface area contributed by atoms with Crippen molar-refractivity contribution >= 4 is 133 Å². The average Bonchev–Trinajstić information content (AvgIpc) is 3.66. The Bertz CT molecular complexity index is 4030. The lowest BCUT2D eigenvalue weighted by atomic mass is 9.33. The Labute approximate surface area is 358 Å². The second-order valence-electron chi connectivity index (χ2n) is 16.5. The summed E-state index contributed by atoms with van der Waals surface area (Å²) in [7, 11) is 2.13. The Hall–Kier alpha value is -7.82. The molecule has 3 heterocycles. The van der Waals surface area contributed by atoms with E-state index in [4.69, 9.17) is 0 Å². The third kappa shape index (κ3) is 4.23. The molecule has 0 spiro atoms. The van der Waals surface area contributed by atoms with Crippen molar-refractivity contribution in [1.82, 2.24) is 4.57 Å². The normalized spacial score (nSPS) is 14.1. The van der Waals surface area contributed by atoms with E-state index in [1.54, 1.807) is 0 Å². The zero-order chi connectivity index (χ0) is 43.4. The number of anilines is 6. The fourth-order valence-corrected chi connectivity index (χ4v) is 11.3. The van der Waals surface area contributed by atoms with Crippen molar-refractivity contribution in [1.29, 1.82) is 0 Å². The first kappa shape index (κ1) is 29.4. The summed E-state index contributed by atoms with van der Waals surface area (Å²) in [6.45, 7) is -0.522. The van der Waals surface area contributed by atoms with Gasteiger partial charge in [-0.1, -0.05) is 164 Å². The second-order valence-corrected chi connectivity index (χ2v) is 16.5. The SMILES string of the molecule is [2H]c1c([2H])c([2H])c2c(c1[2H])B1c3c(cccc3N(c3cccc4c5ccccc5c5ccccc5c34)c3c1c1ccccc1n3C)N2c1cccc2c3ccccc3c3ccccc3c12. The smallest absolute Gasteiger partial charge is 0.255 e. The van der Waals surface area contributed by atoms with Crippen LogP contribution in [0.1, 0.15) is 5.48 Å². The summed E-state index contributed by atoms with van der Waals surface area (Å²) in [6.07, 6.45) is 0. The molecule has 4 heteroatoms. The molecular formula is C57H36BN3. The largest absolute Gasteiger partial charge is 0.330 e. The fraction of sp³-hybridized carbons (Fsp3) is 0.0175. The first-order valence-corrected chi connectivity index (χ1v) is 21.0. The summed E-state index contributed by atoms with van der Waals surface area (Å²) >= 11 is 0. The van der Waals surface area contributed by atoms with Crippen LogP contribution in [0.2, 0.25) is 0 Å². The molecule has 0 saturated carbocycles. The van der Waals surface area contributed by atoms with Gasteiger partial charge in [0.2, 0.25) is 0 Å². The topological polar surface area (TPSA) is 11.4 Å². The Balaban J connectivity index is 1.17. The summed E-state index contributed by atoms with van der Waals surface area (Å²) in [4.78, 5) is 4.60. The molecular weight excluding hydrogens is 737 g/mol. The first-order valence-electron chi connectivity index (χ1n) is 23.0. The summed E-state index contributed by atoms with van der Waals surface area (Å²) in [5.74, 6) is 0.972. The van der Waals surface area contributed by atoms with Crippen molar-refractivity contribution in [3.05, 3.63) is 200 Å². The van der Waals surface area contributed by atoms with Crippen molar-refractivity contribution in [3.8, 4) is 0 Å². The van der Waals surface area contributed by atoms with Crippen molar-refractivity contribution in [2.24, 2.45) is 7.05 Å². The van der Waals surface area contributed by atoms with Crippen LogP contribution >= 0.6 is 0 Å². The standard InChI is InChI=1S/C57H36BN3/c1-59-47-29-12-10-25-45(47)55-57(59)61(50-32-15-27-44-40-20-5-3-18-36(40)38-22-7-9-24-42(38)54(44)50)52-34-16-33-51-56(52)58(55)46-28-11-13-30-48(46)60(51)49-31-14-26-43-39-19-4-2-17-35(39)37-21-6-8-23-41(37)53(43)49/h2-34H,1H3/i11D,13D,28D,30D. The lowest BCUT2D eigenvalue weighted by Gasteiger charge is -2.44. The molecule has 0 N–H and O–H groups in total. The molecule has 0 aliphatic carbocycles. The van der Waals surface area contributed by atoms with Gasteiger partial charge in [0, 0.05) is 40.4 Å². The third-order valence-corrected chi connectivity index (χ3v) is 13.6. The van der Waals surface area contributed by atoms with Gasteiger partial charge in [-0.25, -0.2) is 0 Å². The fourth-order valence-electron chi connectivity index (χ4n) is 11.3. The van der Waals surface area contributed by atoms with Gasteiger partial charge in [-0.3, -0.25) is 4.90 Å². The van der Waals surface area contributed by atoms with Crippen LogP contribution in [-0.4, -0.2) is 11.3 Å². The Morgan fingerprint density at radius 3 is 1.31 bits per heavy atom. The summed E-state index contributed by atoms with van der Waals surface area (Å²) < 4.78 is 40.6. The van der Waals surface area contributed by atoms with Gasteiger partial charge in [0.25, 0.3) is 6.71 Å². The Morgan fingerprint density at radius 1 is 0.361 bits per heavy atom. The van der Waals surface area contributed by atoms with Crippen molar-refractivity contribution in [2.75, 3.05) is 9.80 Å². The maximum absolute atomic E-state index is 9.94. The average molecular weight is 778 g/mol. The molecule has 0 unspecified atom stereocenters. The van der Waals surface area contributed by atoms with Crippen LogP contribution in [0.25, 0.3) is 75.5 Å². The number of fused-ring (bicyclic) bond motifs is 18. The van der Waals surface area contributed by atoms with Crippen LogP contribution in [0, 0.1) is 0 Å². The van der Waals surface area contributed by atoms with Crippen LogP contribution in [0.5, 0.6) is 0 Å². The highest BCUT2D eigenvalue weighted by atomic mass is 15.3. The molecule has 0 amide bonds. The molecule has 12 aromatic rings. The van der Waals surface area contributed by atoms with Crippen molar-refractivity contribution in [2.45, 2.75) is 0 Å². The number of para-hydroxylation sites is 2. The van der Waals surface area contributed by atoms with E-state index in [2.05, 4.69) is 197 Å². The molecule has 0 atom stereocenters. The van der Waals surface area contributed by atoms with Crippen LogP contribution < -0.4 is 26.2 Å². The molecule has 11 aromatic carbocycles. The third-order valence-electron chi connectivity index (χ3n) is 13.6. The molecule has 14 rings (SSSR count). The summed E-state index contributed by atoms with van der Waals surface area (Å²) in [5.41, 5.74) is 7.87. The molecule has 282 valence electrons. The van der Waals surface area contributed by atoms with Crippen molar-refractivity contribution < 1.29 is 5.48 Å². The van der Waals surface area contributed by atoms with Crippen molar-refractivity contribution in [3.63, 3.8) is 0 Å². The van der Waals surface area contributed by atoms with Crippen LogP contribution in [0.15, 0.2) is 200 Å². The highest BCUT2D eigenvalue weighted by Gasteiger charge is 2.46. The van der Waals surface area contributed by atoms with Crippen LogP contribution in [0.3, 0.4) is 0 Å². The molecule has 2 aliphatic heterocycles. The molecule has 0 fully saturated rings. The van der Waals surface area contributed by atoms with E-state index in [1.165, 1.54) is 32.3 Å². The van der Waals surface area contributed by atoms with Gasteiger partial charge in [0.15, 0.2) is 0 Å². The minimum Gasteiger partial charge on any atom is -0.330 e. The highest BCUT2D eigenvalue weighted by Crippen LogP contribution is 2.50. The number of hydrogen-bond acceptors (Lipinski definition) is 2.